The zero-order valence-electron chi connectivity index (χ0n) is 13.3. The molecule has 0 aliphatic rings. The Labute approximate surface area is 153 Å². The summed E-state index contributed by atoms with van der Waals surface area (Å²) in [4.78, 5) is 0. The van der Waals surface area contributed by atoms with Crippen molar-refractivity contribution in [3.05, 3.63) is 77.2 Å². The topological polar surface area (TPSA) is 20.2 Å². The maximum atomic E-state index is 9.75. The molecule has 118 valence electrons. The van der Waals surface area contributed by atoms with Gasteiger partial charge in [-0.15, -0.1) is 0 Å². The molecule has 1 nitrogen and oxygen atoms in total. The first-order valence-corrected chi connectivity index (χ1v) is 10.7. The number of hydrogen-bond acceptors (Lipinski definition) is 2. The molecule has 0 aliphatic heterocycles. The van der Waals surface area contributed by atoms with Crippen LogP contribution in [-0.2, 0) is 5.75 Å². The zero-order valence-corrected chi connectivity index (χ0v) is 16.5. The van der Waals surface area contributed by atoms with Crippen molar-refractivity contribution in [3.63, 3.8) is 0 Å². The third kappa shape index (κ3) is 7.30. The minimum atomic E-state index is -0.913. The summed E-state index contributed by atoms with van der Waals surface area (Å²) < 4.78 is 4.53. The van der Waals surface area contributed by atoms with Crippen molar-refractivity contribution in [1.82, 2.24) is 0 Å². The summed E-state index contributed by atoms with van der Waals surface area (Å²) in [6.07, 6.45) is 0. The number of hydrogen-bond donors (Lipinski definition) is 1. The van der Waals surface area contributed by atoms with Gasteiger partial charge >= 0.3 is 154 Å². The summed E-state index contributed by atoms with van der Waals surface area (Å²) in [7, 11) is 0. The Morgan fingerprint density at radius 2 is 1.70 bits per heavy atom. The van der Waals surface area contributed by atoms with E-state index in [0.717, 1.165) is 5.75 Å². The Kier molecular flexibility index (Phi) is 7.28. The van der Waals surface area contributed by atoms with Gasteiger partial charge in [0.05, 0.1) is 0 Å². The van der Waals surface area contributed by atoms with Gasteiger partial charge in [0, 0.05) is 0 Å². The fraction of sp³-hybridized carbons (Fsp3) is 0.200. The molecule has 2 aromatic rings. The van der Waals surface area contributed by atoms with Crippen LogP contribution < -0.4 is 0 Å². The first-order valence-electron chi connectivity index (χ1n) is 7.37. The molecular weight excluding hydrogens is 416 g/mol. The van der Waals surface area contributed by atoms with Crippen LogP contribution in [0.15, 0.2) is 66.1 Å². The molecule has 0 saturated carbocycles. The second kappa shape index (κ2) is 9.21. The molecule has 0 atom stereocenters. The molecule has 1 N–H and O–H groups in total. The Morgan fingerprint density at radius 1 is 1.09 bits per heavy atom. The molecule has 0 radical (unpaired) electrons. The van der Waals surface area contributed by atoms with E-state index in [1.165, 1.54) is 14.7 Å². The van der Waals surface area contributed by atoms with E-state index in [1.807, 2.05) is 23.9 Å². The number of thioether (sulfide) groups is 1. The number of benzene rings is 2. The van der Waals surface area contributed by atoms with Gasteiger partial charge in [-0.1, -0.05) is 0 Å². The van der Waals surface area contributed by atoms with E-state index < -0.39 is 26.5 Å². The van der Waals surface area contributed by atoms with E-state index in [2.05, 4.69) is 63.8 Å². The molecule has 0 heterocycles. The van der Waals surface area contributed by atoms with Crippen LogP contribution in [0.25, 0.3) is 3.62 Å². The van der Waals surface area contributed by atoms with Crippen LogP contribution in [0.5, 0.6) is 0 Å². The molecule has 23 heavy (non-hydrogen) atoms. The van der Waals surface area contributed by atoms with E-state index in [4.69, 9.17) is 0 Å². The van der Waals surface area contributed by atoms with E-state index >= 15 is 0 Å². The summed E-state index contributed by atoms with van der Waals surface area (Å²) in [5, 5.41) is 12.0. The Hall–Kier alpha value is -1.16. The van der Waals surface area contributed by atoms with Crippen molar-refractivity contribution in [1.29, 1.82) is 0 Å². The maximum absolute atomic E-state index is 9.75. The zero-order chi connectivity index (χ0) is 16.5. The Balaban J connectivity index is 2.09. The Morgan fingerprint density at radius 3 is 2.30 bits per heavy atom. The van der Waals surface area contributed by atoms with Gasteiger partial charge in [0.15, 0.2) is 0 Å². The van der Waals surface area contributed by atoms with Crippen LogP contribution in [0.1, 0.15) is 25.0 Å². The average Bonchev–Trinajstić information content (AvgIpc) is 2.54. The SMILES string of the molecule is CC(C)(O)C#C[Te]/C(=C\SCc1ccccc1)c1ccccc1. The van der Waals surface area contributed by atoms with E-state index in [-0.39, 0.29) is 0 Å². The molecule has 0 spiro atoms. The van der Waals surface area contributed by atoms with Crippen molar-refractivity contribution in [2.24, 2.45) is 0 Å². The second-order valence-corrected chi connectivity index (χ2v) is 8.81. The molecule has 0 amide bonds. The van der Waals surface area contributed by atoms with Crippen LogP contribution in [0.3, 0.4) is 0 Å². The van der Waals surface area contributed by atoms with Gasteiger partial charge in [-0.3, -0.25) is 0 Å². The molecular formula is C20H20OSTe. The number of aliphatic hydroxyl groups is 1. The van der Waals surface area contributed by atoms with E-state index in [9.17, 15) is 5.11 Å². The predicted molar refractivity (Wildman–Crippen MR) is 102 cm³/mol. The van der Waals surface area contributed by atoms with Crippen LogP contribution >= 0.6 is 11.8 Å². The molecule has 3 heteroatoms. The molecule has 0 bridgehead atoms. The summed E-state index contributed by atoms with van der Waals surface area (Å²) in [6.45, 7) is 3.45. The van der Waals surface area contributed by atoms with Gasteiger partial charge in [-0.2, -0.15) is 0 Å². The summed E-state index contributed by atoms with van der Waals surface area (Å²) in [5.74, 6) is 3.90. The number of rotatable bonds is 5. The van der Waals surface area contributed by atoms with Crippen LogP contribution in [0.4, 0.5) is 0 Å². The predicted octanol–water partition coefficient (Wildman–Crippen LogP) is 4.35. The monoisotopic (exact) mass is 438 g/mol. The second-order valence-electron chi connectivity index (χ2n) is 5.53. The van der Waals surface area contributed by atoms with Gasteiger partial charge in [0.2, 0.25) is 0 Å². The van der Waals surface area contributed by atoms with Crippen molar-refractivity contribution in [2.75, 3.05) is 0 Å². The quantitative estimate of drug-likeness (QED) is 0.556. The summed E-state index contributed by atoms with van der Waals surface area (Å²) >= 11 is 1.16. The van der Waals surface area contributed by atoms with Gasteiger partial charge in [0.25, 0.3) is 0 Å². The van der Waals surface area contributed by atoms with E-state index in [0.29, 0.717) is 0 Å². The average molecular weight is 436 g/mol. The summed E-state index contributed by atoms with van der Waals surface area (Å²) in [5.41, 5.74) is 1.65. The summed E-state index contributed by atoms with van der Waals surface area (Å²) in [6, 6.07) is 20.9. The first-order chi connectivity index (χ1) is 11.0. The van der Waals surface area contributed by atoms with Gasteiger partial charge in [-0.05, 0) is 0 Å². The van der Waals surface area contributed by atoms with Gasteiger partial charge in [0.1, 0.15) is 0 Å². The molecule has 0 fully saturated rings. The molecule has 2 rings (SSSR count). The Bertz CT molecular complexity index is 691. The fourth-order valence-corrected chi connectivity index (χ4v) is 5.44. The first kappa shape index (κ1) is 18.2. The fourth-order valence-electron chi connectivity index (χ4n) is 1.75. The molecule has 0 saturated heterocycles. The normalized spacial score (nSPS) is 11.7. The standard InChI is InChI=1S/C20H20OSTe/c1-20(2,21)13-14-23-19(18-11-7-4-8-12-18)16-22-15-17-9-5-3-6-10-17/h3-12,16,21H,15H2,1-2H3/b19-16-. The van der Waals surface area contributed by atoms with Crippen molar-refractivity contribution >= 4 is 36.3 Å². The third-order valence-electron chi connectivity index (χ3n) is 2.86. The van der Waals surface area contributed by atoms with Crippen molar-refractivity contribution in [3.8, 4) is 9.89 Å². The van der Waals surface area contributed by atoms with Crippen molar-refractivity contribution < 1.29 is 5.11 Å². The van der Waals surface area contributed by atoms with E-state index in [1.54, 1.807) is 13.8 Å². The van der Waals surface area contributed by atoms with Gasteiger partial charge < -0.3 is 0 Å². The molecule has 0 aliphatic carbocycles. The van der Waals surface area contributed by atoms with Crippen molar-refractivity contribution in [2.45, 2.75) is 25.2 Å². The molecule has 0 aromatic heterocycles. The third-order valence-corrected chi connectivity index (χ3v) is 6.45. The van der Waals surface area contributed by atoms with Crippen LogP contribution in [0.2, 0.25) is 0 Å². The minimum absolute atomic E-state index is 0.646. The molecule has 2 aromatic carbocycles. The molecule has 0 unspecified atom stereocenters. The van der Waals surface area contributed by atoms with Crippen LogP contribution in [-0.4, -0.2) is 31.6 Å². The van der Waals surface area contributed by atoms with Crippen LogP contribution in [0, 0.1) is 9.89 Å². The van der Waals surface area contributed by atoms with Gasteiger partial charge in [-0.25, -0.2) is 0 Å².